The van der Waals surface area contributed by atoms with E-state index in [2.05, 4.69) is 20.7 Å². The van der Waals surface area contributed by atoms with Crippen LogP contribution in [0.2, 0.25) is 0 Å². The fourth-order valence-electron chi connectivity index (χ4n) is 2.78. The number of para-hydroxylation sites is 2. The van der Waals surface area contributed by atoms with Gasteiger partial charge in [0, 0.05) is 25.3 Å². The summed E-state index contributed by atoms with van der Waals surface area (Å²) in [5, 5.41) is 9.60. The Bertz CT molecular complexity index is 1050. The molecule has 2 heterocycles. The molecule has 0 unspecified atom stereocenters. The molecule has 0 aliphatic heterocycles. The number of hydrogen-bond acceptors (Lipinski definition) is 3. The fourth-order valence-corrected chi connectivity index (χ4v) is 2.78. The van der Waals surface area contributed by atoms with Gasteiger partial charge in [-0.15, -0.1) is 0 Å². The van der Waals surface area contributed by atoms with Gasteiger partial charge < -0.3 is 5.32 Å². The van der Waals surface area contributed by atoms with Gasteiger partial charge in [0.1, 0.15) is 12.1 Å². The summed E-state index contributed by atoms with van der Waals surface area (Å²) >= 11 is 0. The third-order valence-electron chi connectivity index (χ3n) is 4.18. The maximum atomic E-state index is 12.0. The van der Waals surface area contributed by atoms with Crippen LogP contribution in [0.5, 0.6) is 0 Å². The second-order valence-electron chi connectivity index (χ2n) is 5.92. The first-order valence-electron chi connectivity index (χ1n) is 8.25. The van der Waals surface area contributed by atoms with Gasteiger partial charge in [0.25, 0.3) is 0 Å². The summed E-state index contributed by atoms with van der Waals surface area (Å²) in [4.78, 5) is 16.4. The van der Waals surface area contributed by atoms with E-state index in [1.807, 2.05) is 59.4 Å². The molecule has 2 N–H and O–H groups in total. The van der Waals surface area contributed by atoms with E-state index in [1.54, 1.807) is 24.0 Å². The van der Waals surface area contributed by atoms with E-state index in [4.69, 9.17) is 0 Å². The average Bonchev–Trinajstić information content (AvgIpc) is 3.27. The highest BCUT2D eigenvalue weighted by molar-refractivity contribution is 5.88. The molecule has 4 aromatic rings. The third kappa shape index (κ3) is 3.14. The lowest BCUT2D eigenvalue weighted by Crippen LogP contribution is -2.29. The van der Waals surface area contributed by atoms with Crippen molar-refractivity contribution in [3.8, 4) is 5.69 Å². The number of benzene rings is 2. The minimum atomic E-state index is -0.265. The standard InChI is InChI=1S/C19H18N6O/c1-24-18(10-11-22-24)23-19(26)20-12-14-6-8-15(9-7-14)25-13-21-16-4-2-3-5-17(16)25/h2-11,13H,12H2,1H3,(H2,20,23,26). The second kappa shape index (κ2) is 6.72. The molecule has 130 valence electrons. The molecule has 0 aliphatic carbocycles. The summed E-state index contributed by atoms with van der Waals surface area (Å²) in [7, 11) is 1.77. The number of imidazole rings is 1. The molecule has 0 fully saturated rings. The Balaban J connectivity index is 1.42. The van der Waals surface area contributed by atoms with Crippen LogP contribution >= 0.6 is 0 Å². The summed E-state index contributed by atoms with van der Waals surface area (Å²) in [6.07, 6.45) is 3.45. The number of fused-ring (bicyclic) bond motifs is 1. The number of rotatable bonds is 4. The Hall–Kier alpha value is -3.61. The fraction of sp³-hybridized carbons (Fsp3) is 0.105. The third-order valence-corrected chi connectivity index (χ3v) is 4.18. The van der Waals surface area contributed by atoms with Crippen LogP contribution in [0.25, 0.3) is 16.7 Å². The zero-order chi connectivity index (χ0) is 17.9. The Morgan fingerprint density at radius 2 is 1.88 bits per heavy atom. The Kier molecular flexibility index (Phi) is 4.10. The number of hydrogen-bond donors (Lipinski definition) is 2. The number of aryl methyl sites for hydroxylation is 1. The first-order valence-corrected chi connectivity index (χ1v) is 8.25. The minimum absolute atomic E-state index is 0.265. The average molecular weight is 346 g/mol. The predicted octanol–water partition coefficient (Wildman–Crippen LogP) is 3.08. The van der Waals surface area contributed by atoms with E-state index in [1.165, 1.54) is 0 Å². The topological polar surface area (TPSA) is 76.8 Å². The van der Waals surface area contributed by atoms with E-state index >= 15 is 0 Å². The van der Waals surface area contributed by atoms with Gasteiger partial charge >= 0.3 is 6.03 Å². The SMILES string of the molecule is Cn1nccc1NC(=O)NCc1ccc(-n2cnc3ccccc32)cc1. The quantitative estimate of drug-likeness (QED) is 0.596. The molecule has 0 spiro atoms. The maximum absolute atomic E-state index is 12.0. The molecule has 2 amide bonds. The number of aromatic nitrogens is 4. The van der Waals surface area contributed by atoms with Gasteiger partial charge in [-0.1, -0.05) is 24.3 Å². The van der Waals surface area contributed by atoms with Crippen LogP contribution in [0.15, 0.2) is 67.1 Å². The molecular weight excluding hydrogens is 328 g/mol. The first-order chi connectivity index (χ1) is 12.7. The van der Waals surface area contributed by atoms with Gasteiger partial charge in [-0.2, -0.15) is 5.10 Å². The monoisotopic (exact) mass is 346 g/mol. The van der Waals surface area contributed by atoms with Crippen LogP contribution in [0.3, 0.4) is 0 Å². The molecular formula is C19H18N6O. The second-order valence-corrected chi connectivity index (χ2v) is 5.92. The number of urea groups is 1. The molecule has 0 bridgehead atoms. The van der Waals surface area contributed by atoms with Crippen molar-refractivity contribution in [2.75, 3.05) is 5.32 Å². The molecule has 2 aromatic carbocycles. The van der Waals surface area contributed by atoms with Crippen molar-refractivity contribution in [3.63, 3.8) is 0 Å². The van der Waals surface area contributed by atoms with Crippen LogP contribution in [-0.4, -0.2) is 25.4 Å². The molecule has 0 radical (unpaired) electrons. The molecule has 0 atom stereocenters. The van der Waals surface area contributed by atoms with Crippen LogP contribution in [0.1, 0.15) is 5.56 Å². The Morgan fingerprint density at radius 3 is 2.65 bits per heavy atom. The highest BCUT2D eigenvalue weighted by atomic mass is 16.2. The lowest BCUT2D eigenvalue weighted by atomic mass is 10.2. The summed E-state index contributed by atoms with van der Waals surface area (Å²) in [6, 6.07) is 17.5. The number of nitrogens with one attached hydrogen (secondary N) is 2. The van der Waals surface area contributed by atoms with E-state index < -0.39 is 0 Å². The molecule has 4 rings (SSSR count). The molecule has 26 heavy (non-hydrogen) atoms. The van der Waals surface area contributed by atoms with Crippen molar-refractivity contribution >= 4 is 22.9 Å². The van der Waals surface area contributed by atoms with Crippen molar-refractivity contribution in [1.82, 2.24) is 24.6 Å². The number of nitrogens with zero attached hydrogens (tertiary/aromatic N) is 4. The van der Waals surface area contributed by atoms with Crippen molar-refractivity contribution < 1.29 is 4.79 Å². The van der Waals surface area contributed by atoms with Crippen LogP contribution in [0.4, 0.5) is 10.6 Å². The molecule has 7 nitrogen and oxygen atoms in total. The Labute approximate surface area is 150 Å². The van der Waals surface area contributed by atoms with Crippen molar-refractivity contribution in [2.24, 2.45) is 7.05 Å². The summed E-state index contributed by atoms with van der Waals surface area (Å²) in [5.74, 6) is 0.643. The van der Waals surface area contributed by atoms with Crippen LogP contribution < -0.4 is 10.6 Å². The molecule has 0 saturated carbocycles. The smallest absolute Gasteiger partial charge is 0.320 e. The van der Waals surface area contributed by atoms with E-state index in [0.717, 1.165) is 22.3 Å². The minimum Gasteiger partial charge on any atom is -0.334 e. The lowest BCUT2D eigenvalue weighted by Gasteiger charge is -2.09. The first kappa shape index (κ1) is 15.9. The molecule has 7 heteroatoms. The summed E-state index contributed by atoms with van der Waals surface area (Å²) in [6.45, 7) is 0.439. The zero-order valence-electron chi connectivity index (χ0n) is 14.3. The van der Waals surface area contributed by atoms with Gasteiger partial charge in [-0.25, -0.2) is 9.78 Å². The van der Waals surface area contributed by atoms with Gasteiger partial charge in [-0.3, -0.25) is 14.6 Å². The van der Waals surface area contributed by atoms with Gasteiger partial charge in [0.05, 0.1) is 17.2 Å². The Morgan fingerprint density at radius 1 is 1.08 bits per heavy atom. The number of amides is 2. The van der Waals surface area contributed by atoms with Crippen molar-refractivity contribution in [1.29, 1.82) is 0 Å². The number of carbonyl (C=O) groups is 1. The van der Waals surface area contributed by atoms with Gasteiger partial charge in [0.15, 0.2) is 0 Å². The van der Waals surface area contributed by atoms with Crippen LogP contribution in [-0.2, 0) is 13.6 Å². The highest BCUT2D eigenvalue weighted by Crippen LogP contribution is 2.18. The van der Waals surface area contributed by atoms with Crippen LogP contribution in [0, 0.1) is 0 Å². The van der Waals surface area contributed by atoms with Crippen molar-refractivity contribution in [3.05, 3.63) is 72.7 Å². The predicted molar refractivity (Wildman–Crippen MR) is 100 cm³/mol. The van der Waals surface area contributed by atoms with Gasteiger partial charge in [-0.05, 0) is 29.8 Å². The van der Waals surface area contributed by atoms with Gasteiger partial charge in [0.2, 0.25) is 0 Å². The van der Waals surface area contributed by atoms with E-state index in [-0.39, 0.29) is 6.03 Å². The van der Waals surface area contributed by atoms with E-state index in [0.29, 0.717) is 12.4 Å². The molecule has 0 aliphatic rings. The zero-order valence-corrected chi connectivity index (χ0v) is 14.3. The number of anilines is 1. The number of carbonyl (C=O) groups excluding carboxylic acids is 1. The molecule has 2 aromatic heterocycles. The highest BCUT2D eigenvalue weighted by Gasteiger charge is 2.06. The largest absolute Gasteiger partial charge is 0.334 e. The normalized spacial score (nSPS) is 10.8. The van der Waals surface area contributed by atoms with Crippen molar-refractivity contribution in [2.45, 2.75) is 6.54 Å². The summed E-state index contributed by atoms with van der Waals surface area (Å²) in [5.41, 5.74) is 4.07. The van der Waals surface area contributed by atoms with E-state index in [9.17, 15) is 4.79 Å². The summed E-state index contributed by atoms with van der Waals surface area (Å²) < 4.78 is 3.64. The molecule has 0 saturated heterocycles. The maximum Gasteiger partial charge on any atom is 0.320 e. The lowest BCUT2D eigenvalue weighted by molar-refractivity contribution is 0.251.